The smallest absolute Gasteiger partial charge is 0.243 e. The summed E-state index contributed by atoms with van der Waals surface area (Å²) < 4.78 is 15.9. The second kappa shape index (κ2) is 8.57. The molecule has 2 aromatic rings. The van der Waals surface area contributed by atoms with Gasteiger partial charge in [0.2, 0.25) is 11.8 Å². The van der Waals surface area contributed by atoms with Crippen LogP contribution in [-0.4, -0.2) is 51.7 Å². The molecule has 0 spiro atoms. The molecule has 2 amide bonds. The average Bonchev–Trinajstić information content (AvgIpc) is 3.14. The van der Waals surface area contributed by atoms with Crippen molar-refractivity contribution in [2.24, 2.45) is 0 Å². The van der Waals surface area contributed by atoms with Crippen molar-refractivity contribution in [1.29, 1.82) is 0 Å². The molecule has 1 atom stereocenters. The summed E-state index contributed by atoms with van der Waals surface area (Å²) in [6.45, 7) is 3.56. The van der Waals surface area contributed by atoms with Crippen molar-refractivity contribution >= 4 is 23.4 Å². The van der Waals surface area contributed by atoms with Gasteiger partial charge in [0.05, 0.1) is 12.6 Å². The van der Waals surface area contributed by atoms with Crippen molar-refractivity contribution in [3.8, 4) is 0 Å². The molecule has 3 rings (SSSR count). The zero-order valence-corrected chi connectivity index (χ0v) is 16.0. The van der Waals surface area contributed by atoms with Gasteiger partial charge in [-0.25, -0.2) is 4.39 Å². The lowest BCUT2D eigenvalue weighted by Gasteiger charge is -2.38. The fourth-order valence-electron chi connectivity index (χ4n) is 3.58. The van der Waals surface area contributed by atoms with E-state index < -0.39 is 0 Å². The third-order valence-electron chi connectivity index (χ3n) is 4.81. The molecule has 7 heteroatoms. The Balaban J connectivity index is 1.90. The molecule has 1 unspecified atom stereocenters. The van der Waals surface area contributed by atoms with Gasteiger partial charge in [0.25, 0.3) is 0 Å². The highest BCUT2D eigenvalue weighted by Crippen LogP contribution is 2.32. The molecule has 5 nitrogen and oxygen atoms in total. The minimum atomic E-state index is -0.383. The summed E-state index contributed by atoms with van der Waals surface area (Å²) in [4.78, 5) is 28.4. The molecule has 1 aromatic carbocycles. The van der Waals surface area contributed by atoms with Crippen molar-refractivity contribution in [1.82, 2.24) is 14.4 Å². The summed E-state index contributed by atoms with van der Waals surface area (Å²) in [6.07, 6.45) is 2.70. The highest BCUT2D eigenvalue weighted by atomic mass is 35.5. The van der Waals surface area contributed by atoms with E-state index in [1.165, 1.54) is 17.0 Å². The Morgan fingerprint density at radius 1 is 1.26 bits per heavy atom. The first-order valence-corrected chi connectivity index (χ1v) is 9.62. The predicted molar refractivity (Wildman–Crippen MR) is 102 cm³/mol. The van der Waals surface area contributed by atoms with Crippen LogP contribution in [0, 0.1) is 5.82 Å². The Morgan fingerprint density at radius 3 is 2.78 bits per heavy atom. The zero-order valence-electron chi connectivity index (χ0n) is 15.3. The van der Waals surface area contributed by atoms with Gasteiger partial charge in [-0.15, -0.1) is 11.6 Å². The van der Waals surface area contributed by atoms with Gasteiger partial charge in [-0.2, -0.15) is 0 Å². The fourth-order valence-corrected chi connectivity index (χ4v) is 3.75. The van der Waals surface area contributed by atoms with E-state index in [1.807, 2.05) is 31.3 Å². The average molecular weight is 392 g/mol. The molecular weight excluding hydrogens is 369 g/mol. The molecule has 0 radical (unpaired) electrons. The largest absolute Gasteiger partial charge is 0.348 e. The zero-order chi connectivity index (χ0) is 19.4. The van der Waals surface area contributed by atoms with E-state index in [-0.39, 0.29) is 36.1 Å². The fraction of sp³-hybridized carbons (Fsp3) is 0.400. The summed E-state index contributed by atoms with van der Waals surface area (Å²) >= 11 is 5.68. The monoisotopic (exact) mass is 391 g/mol. The third kappa shape index (κ3) is 4.16. The third-order valence-corrected chi connectivity index (χ3v) is 5.04. The van der Waals surface area contributed by atoms with Crippen molar-refractivity contribution < 1.29 is 14.0 Å². The molecule has 0 saturated carbocycles. The van der Waals surface area contributed by atoms with E-state index in [1.54, 1.807) is 11.0 Å². The van der Waals surface area contributed by atoms with E-state index >= 15 is 0 Å². The summed E-state index contributed by atoms with van der Waals surface area (Å²) in [5.41, 5.74) is 1.65. The normalized spacial score (nSPS) is 16.1. The molecule has 144 valence electrons. The lowest BCUT2D eigenvalue weighted by molar-refractivity contribution is -0.141. The molecule has 0 fully saturated rings. The van der Waals surface area contributed by atoms with E-state index in [0.717, 1.165) is 12.1 Å². The number of aromatic nitrogens is 1. The number of alkyl halides is 1. The summed E-state index contributed by atoms with van der Waals surface area (Å²) in [5, 5.41) is 0. The number of fused-ring (bicyclic) bond motifs is 1. The quantitative estimate of drug-likeness (QED) is 0.710. The maximum absolute atomic E-state index is 13.8. The number of carbonyl (C=O) groups is 2. The van der Waals surface area contributed by atoms with E-state index in [0.29, 0.717) is 25.2 Å². The lowest BCUT2D eigenvalue weighted by atomic mass is 9.99. The second-order valence-electron chi connectivity index (χ2n) is 6.62. The number of hydrogen-bond acceptors (Lipinski definition) is 2. The molecule has 2 heterocycles. The number of hydrogen-bond donors (Lipinski definition) is 0. The van der Waals surface area contributed by atoms with E-state index in [9.17, 15) is 14.0 Å². The van der Waals surface area contributed by atoms with E-state index in [4.69, 9.17) is 11.6 Å². The van der Waals surface area contributed by atoms with Crippen LogP contribution in [0.4, 0.5) is 4.39 Å². The summed E-state index contributed by atoms with van der Waals surface area (Å²) in [6, 6.07) is 9.81. The van der Waals surface area contributed by atoms with Gasteiger partial charge in [0.15, 0.2) is 0 Å². The van der Waals surface area contributed by atoms with Crippen molar-refractivity contribution in [3.63, 3.8) is 0 Å². The van der Waals surface area contributed by atoms with Crippen LogP contribution in [0.25, 0.3) is 0 Å². The molecule has 0 aliphatic carbocycles. The molecular formula is C20H23ClFN3O2. The minimum absolute atomic E-state index is 0.0219. The maximum atomic E-state index is 13.8. The van der Waals surface area contributed by atoms with Crippen LogP contribution >= 0.6 is 11.6 Å². The van der Waals surface area contributed by atoms with E-state index in [2.05, 4.69) is 4.57 Å². The molecule has 1 aliphatic rings. The van der Waals surface area contributed by atoms with Crippen molar-refractivity contribution in [3.05, 3.63) is 59.7 Å². The van der Waals surface area contributed by atoms with Crippen LogP contribution in [0.3, 0.4) is 0 Å². The highest BCUT2D eigenvalue weighted by Gasteiger charge is 2.33. The standard InChI is InChI=1S/C20H23ClFN3O2/c1-2-8-24(18(26)13-21)14-19(27)25-11-10-23-9-4-7-17(23)20(25)15-5-3-6-16(22)12-15/h3-7,9,12,20H,2,8,10-11,13-14H2,1H3. The van der Waals surface area contributed by atoms with Crippen LogP contribution in [0.1, 0.15) is 30.6 Å². The molecule has 1 aliphatic heterocycles. The predicted octanol–water partition coefficient (Wildman–Crippen LogP) is 3.04. The topological polar surface area (TPSA) is 45.6 Å². The summed E-state index contributed by atoms with van der Waals surface area (Å²) in [7, 11) is 0. The van der Waals surface area contributed by atoms with Gasteiger partial charge in [0.1, 0.15) is 11.7 Å². The first-order chi connectivity index (χ1) is 13.0. The number of carbonyl (C=O) groups excluding carboxylic acids is 2. The van der Waals surface area contributed by atoms with Gasteiger partial charge < -0.3 is 14.4 Å². The summed E-state index contributed by atoms with van der Waals surface area (Å²) in [5.74, 6) is -0.907. The number of nitrogens with zero attached hydrogens (tertiary/aromatic N) is 3. The highest BCUT2D eigenvalue weighted by molar-refractivity contribution is 6.27. The van der Waals surface area contributed by atoms with Gasteiger partial charge in [-0.05, 0) is 36.2 Å². The van der Waals surface area contributed by atoms with Crippen LogP contribution < -0.4 is 0 Å². The van der Waals surface area contributed by atoms with Crippen LogP contribution in [0.2, 0.25) is 0 Å². The Bertz CT molecular complexity index is 823. The first kappa shape index (κ1) is 19.4. The maximum Gasteiger partial charge on any atom is 0.243 e. The van der Waals surface area contributed by atoms with Gasteiger partial charge in [-0.1, -0.05) is 19.1 Å². The minimum Gasteiger partial charge on any atom is -0.348 e. The van der Waals surface area contributed by atoms with Crippen LogP contribution in [0.5, 0.6) is 0 Å². The van der Waals surface area contributed by atoms with Gasteiger partial charge >= 0.3 is 0 Å². The van der Waals surface area contributed by atoms with Crippen molar-refractivity contribution in [2.75, 3.05) is 25.5 Å². The molecule has 0 N–H and O–H groups in total. The Hall–Kier alpha value is -2.34. The Morgan fingerprint density at radius 2 is 2.07 bits per heavy atom. The lowest BCUT2D eigenvalue weighted by Crippen LogP contribution is -2.48. The second-order valence-corrected chi connectivity index (χ2v) is 6.89. The molecule has 27 heavy (non-hydrogen) atoms. The van der Waals surface area contributed by atoms with Crippen molar-refractivity contribution in [2.45, 2.75) is 25.9 Å². The molecule has 1 aromatic heterocycles. The number of amides is 2. The SMILES string of the molecule is CCCN(CC(=O)N1CCn2cccc2C1c1cccc(F)c1)C(=O)CCl. The number of benzene rings is 1. The number of rotatable bonds is 6. The first-order valence-electron chi connectivity index (χ1n) is 9.08. The molecule has 0 saturated heterocycles. The molecule has 0 bridgehead atoms. The van der Waals surface area contributed by atoms with Gasteiger partial charge in [0, 0.05) is 31.5 Å². The van der Waals surface area contributed by atoms with Crippen LogP contribution in [0.15, 0.2) is 42.6 Å². The Kier molecular flexibility index (Phi) is 6.16. The Labute approximate surface area is 163 Å². The van der Waals surface area contributed by atoms with Gasteiger partial charge in [-0.3, -0.25) is 9.59 Å². The number of halogens is 2. The van der Waals surface area contributed by atoms with Crippen LogP contribution in [-0.2, 0) is 16.1 Å².